The van der Waals surface area contributed by atoms with Crippen LogP contribution in [-0.2, 0) is 14.6 Å². The number of imide groups is 1. The molecule has 10 heteroatoms. The Hall–Kier alpha value is -1.97. The van der Waals surface area contributed by atoms with Crippen molar-refractivity contribution in [2.45, 2.75) is 17.6 Å². The van der Waals surface area contributed by atoms with Crippen LogP contribution in [-0.4, -0.2) is 68.2 Å². The summed E-state index contributed by atoms with van der Waals surface area (Å²) < 4.78 is 23.0. The van der Waals surface area contributed by atoms with Gasteiger partial charge in [0.05, 0.1) is 11.1 Å². The summed E-state index contributed by atoms with van der Waals surface area (Å²) in [5, 5.41) is 5.65. The molecule has 0 radical (unpaired) electrons. The highest BCUT2D eigenvalue weighted by Gasteiger charge is 2.48. The van der Waals surface area contributed by atoms with Crippen molar-refractivity contribution in [2.75, 3.05) is 32.4 Å². The average molecular weight is 416 g/mol. The first kappa shape index (κ1) is 21.3. The third kappa shape index (κ3) is 3.71. The number of nitrogens with zero attached hydrogens (tertiary/aromatic N) is 1. The first-order valence-corrected chi connectivity index (χ1v) is 10.3. The summed E-state index contributed by atoms with van der Waals surface area (Å²) >= 11 is 0. The standard InChI is InChI=1S/C17H21N3O5S.ClH/c1-26(24,25)17(6-8-18-9-7-17)16(23)19-10-11-20-14(21)12-4-2-3-5-13(12)15(20)22;/h2-5,18H,6-11H2,1H3,(H,19,23);1H. The zero-order valence-electron chi connectivity index (χ0n) is 14.9. The lowest BCUT2D eigenvalue weighted by atomic mass is 9.96. The van der Waals surface area contributed by atoms with Crippen molar-refractivity contribution in [3.8, 4) is 0 Å². The van der Waals surface area contributed by atoms with Crippen molar-refractivity contribution < 1.29 is 22.8 Å². The van der Waals surface area contributed by atoms with Gasteiger partial charge in [0.25, 0.3) is 11.8 Å². The minimum Gasteiger partial charge on any atom is -0.353 e. The molecule has 0 unspecified atom stereocenters. The Morgan fingerprint density at radius 2 is 1.67 bits per heavy atom. The summed E-state index contributed by atoms with van der Waals surface area (Å²) in [6.45, 7) is 0.892. The number of hydrogen-bond acceptors (Lipinski definition) is 6. The van der Waals surface area contributed by atoms with Crippen LogP contribution in [0, 0.1) is 0 Å². The zero-order chi connectivity index (χ0) is 18.9. The summed E-state index contributed by atoms with van der Waals surface area (Å²) in [7, 11) is -3.60. The first-order valence-electron chi connectivity index (χ1n) is 8.42. The molecule has 8 nitrogen and oxygen atoms in total. The number of fused-ring (bicyclic) bond motifs is 1. The molecule has 1 aromatic rings. The molecule has 0 spiro atoms. The molecule has 2 N–H and O–H groups in total. The van der Waals surface area contributed by atoms with Crippen LogP contribution < -0.4 is 10.6 Å². The Balaban J connectivity index is 0.00000261. The van der Waals surface area contributed by atoms with Crippen molar-refractivity contribution in [1.82, 2.24) is 15.5 Å². The van der Waals surface area contributed by atoms with E-state index in [2.05, 4.69) is 10.6 Å². The molecule has 0 atom stereocenters. The number of hydrogen-bond donors (Lipinski definition) is 2. The third-order valence-electron chi connectivity index (χ3n) is 5.03. The minimum absolute atomic E-state index is 0. The number of carbonyl (C=O) groups is 3. The Morgan fingerprint density at radius 3 is 2.15 bits per heavy atom. The van der Waals surface area contributed by atoms with E-state index < -0.39 is 32.3 Å². The molecule has 1 aromatic carbocycles. The average Bonchev–Trinajstić information content (AvgIpc) is 2.86. The molecule has 2 heterocycles. The van der Waals surface area contributed by atoms with Gasteiger partial charge in [-0.3, -0.25) is 19.3 Å². The van der Waals surface area contributed by atoms with Gasteiger partial charge in [-0.2, -0.15) is 0 Å². The van der Waals surface area contributed by atoms with Crippen molar-refractivity contribution >= 4 is 40.0 Å². The summed E-state index contributed by atoms with van der Waals surface area (Å²) in [5.74, 6) is -1.38. The molecule has 0 bridgehead atoms. The number of amides is 3. The number of carbonyl (C=O) groups excluding carboxylic acids is 3. The van der Waals surface area contributed by atoms with E-state index in [1.807, 2.05) is 0 Å². The van der Waals surface area contributed by atoms with E-state index >= 15 is 0 Å². The molecule has 0 aromatic heterocycles. The van der Waals surface area contributed by atoms with E-state index in [0.29, 0.717) is 24.2 Å². The van der Waals surface area contributed by atoms with Gasteiger partial charge in [0.1, 0.15) is 0 Å². The Kier molecular flexibility index (Phi) is 6.28. The van der Waals surface area contributed by atoms with Crippen molar-refractivity contribution in [3.05, 3.63) is 35.4 Å². The van der Waals surface area contributed by atoms with Gasteiger partial charge in [-0.05, 0) is 38.1 Å². The second-order valence-corrected chi connectivity index (χ2v) is 8.91. The van der Waals surface area contributed by atoms with E-state index in [-0.39, 0.29) is 38.3 Å². The number of rotatable bonds is 5. The van der Waals surface area contributed by atoms with E-state index in [1.165, 1.54) is 0 Å². The molecule has 0 aliphatic carbocycles. The number of benzene rings is 1. The molecule has 148 valence electrons. The molecule has 2 aliphatic rings. The predicted molar refractivity (Wildman–Crippen MR) is 102 cm³/mol. The van der Waals surface area contributed by atoms with Crippen LogP contribution in [0.2, 0.25) is 0 Å². The second-order valence-electron chi connectivity index (χ2n) is 6.58. The van der Waals surface area contributed by atoms with Crippen LogP contribution in [0.15, 0.2) is 24.3 Å². The quantitative estimate of drug-likeness (QED) is 0.654. The van der Waals surface area contributed by atoms with Crippen LogP contribution in [0.3, 0.4) is 0 Å². The van der Waals surface area contributed by atoms with Crippen LogP contribution in [0.1, 0.15) is 33.6 Å². The van der Waals surface area contributed by atoms with Crippen LogP contribution in [0.5, 0.6) is 0 Å². The van der Waals surface area contributed by atoms with Gasteiger partial charge in [-0.15, -0.1) is 12.4 Å². The maximum Gasteiger partial charge on any atom is 0.261 e. The SMILES string of the molecule is CS(=O)(=O)C1(C(=O)NCCN2C(=O)c3ccccc3C2=O)CCNCC1.Cl. The maximum atomic E-state index is 12.6. The van der Waals surface area contributed by atoms with Crippen LogP contribution in [0.4, 0.5) is 0 Å². The maximum absolute atomic E-state index is 12.6. The minimum atomic E-state index is -3.60. The fraction of sp³-hybridized carbons (Fsp3) is 0.471. The van der Waals surface area contributed by atoms with Crippen molar-refractivity contribution in [2.24, 2.45) is 0 Å². The molecular weight excluding hydrogens is 394 g/mol. The number of halogens is 1. The molecule has 0 saturated carbocycles. The summed E-state index contributed by atoms with van der Waals surface area (Å²) in [6.07, 6.45) is 1.47. The lowest BCUT2D eigenvalue weighted by Crippen LogP contribution is -2.58. The predicted octanol–water partition coefficient (Wildman–Crippen LogP) is -0.0126. The van der Waals surface area contributed by atoms with E-state index in [1.54, 1.807) is 24.3 Å². The first-order chi connectivity index (χ1) is 12.3. The molecule has 27 heavy (non-hydrogen) atoms. The zero-order valence-corrected chi connectivity index (χ0v) is 16.5. The van der Waals surface area contributed by atoms with Gasteiger partial charge >= 0.3 is 0 Å². The lowest BCUT2D eigenvalue weighted by Gasteiger charge is -2.34. The van der Waals surface area contributed by atoms with Crippen LogP contribution >= 0.6 is 12.4 Å². The van der Waals surface area contributed by atoms with Gasteiger partial charge in [-0.1, -0.05) is 12.1 Å². The molecule has 2 aliphatic heterocycles. The Labute approximate surface area is 164 Å². The van der Waals surface area contributed by atoms with E-state index in [0.717, 1.165) is 11.2 Å². The van der Waals surface area contributed by atoms with Gasteiger partial charge < -0.3 is 10.6 Å². The third-order valence-corrected chi connectivity index (χ3v) is 7.05. The molecule has 1 saturated heterocycles. The normalized spacial score (nSPS) is 18.6. The summed E-state index contributed by atoms with van der Waals surface area (Å²) in [5.41, 5.74) is 0.685. The van der Waals surface area contributed by atoms with E-state index in [4.69, 9.17) is 0 Å². The molecular formula is C17H22ClN3O5S. The molecule has 3 rings (SSSR count). The smallest absolute Gasteiger partial charge is 0.261 e. The highest BCUT2D eigenvalue weighted by atomic mass is 35.5. The number of sulfone groups is 1. The summed E-state index contributed by atoms with van der Waals surface area (Å²) in [6, 6.07) is 6.54. The Morgan fingerprint density at radius 1 is 1.15 bits per heavy atom. The van der Waals surface area contributed by atoms with Gasteiger partial charge in [0.2, 0.25) is 5.91 Å². The van der Waals surface area contributed by atoms with Crippen LogP contribution in [0.25, 0.3) is 0 Å². The van der Waals surface area contributed by atoms with Gasteiger partial charge in [-0.25, -0.2) is 8.42 Å². The largest absolute Gasteiger partial charge is 0.353 e. The Bertz CT molecular complexity index is 830. The van der Waals surface area contributed by atoms with E-state index in [9.17, 15) is 22.8 Å². The molecule has 1 fully saturated rings. The topological polar surface area (TPSA) is 113 Å². The molecule has 3 amide bonds. The number of nitrogens with one attached hydrogen (secondary N) is 2. The van der Waals surface area contributed by atoms with Crippen molar-refractivity contribution in [3.63, 3.8) is 0 Å². The van der Waals surface area contributed by atoms with Crippen molar-refractivity contribution in [1.29, 1.82) is 0 Å². The lowest BCUT2D eigenvalue weighted by molar-refractivity contribution is -0.124. The van der Waals surface area contributed by atoms with Gasteiger partial charge in [0.15, 0.2) is 14.6 Å². The fourth-order valence-corrected chi connectivity index (χ4v) is 4.84. The monoisotopic (exact) mass is 415 g/mol. The highest BCUT2D eigenvalue weighted by molar-refractivity contribution is 7.92. The highest BCUT2D eigenvalue weighted by Crippen LogP contribution is 2.28. The second kappa shape index (κ2) is 7.95. The fourth-order valence-electron chi connectivity index (χ4n) is 3.48. The number of piperidine rings is 1. The van der Waals surface area contributed by atoms with Gasteiger partial charge in [0, 0.05) is 19.3 Å². The summed E-state index contributed by atoms with van der Waals surface area (Å²) in [4.78, 5) is 38.3.